The predicted octanol–water partition coefficient (Wildman–Crippen LogP) is -0.397. The Hall–Kier alpha value is -0.0600. The van der Waals surface area contributed by atoms with Gasteiger partial charge in [0.2, 0.25) is 0 Å². The van der Waals surface area contributed by atoms with Crippen molar-refractivity contribution in [3.63, 3.8) is 0 Å². The summed E-state index contributed by atoms with van der Waals surface area (Å²) in [5.74, 6) is 0.784. The molecule has 4 heteroatoms. The first-order chi connectivity index (χ1) is 4.29. The van der Waals surface area contributed by atoms with Crippen LogP contribution in [0.2, 0.25) is 0 Å². The molecule has 1 N–H and O–H groups in total. The molecule has 1 aliphatic rings. The van der Waals surface area contributed by atoms with Gasteiger partial charge >= 0.3 is 0 Å². The second-order valence-corrected chi connectivity index (χ2v) is 3.40. The summed E-state index contributed by atoms with van der Waals surface area (Å²) in [5.41, 5.74) is 0. The number of carbonyl (C=O) groups is 1. The van der Waals surface area contributed by atoms with Crippen LogP contribution in [0.3, 0.4) is 0 Å². The first-order valence-electron chi connectivity index (χ1n) is 2.92. The molecular formula is C5H9NO2S. The zero-order chi connectivity index (χ0) is 6.69. The topological polar surface area (TPSA) is 52.2 Å². The predicted molar refractivity (Wildman–Crippen MR) is 35.3 cm³/mol. The molecule has 0 amide bonds. The number of rotatable bonds is 0. The van der Waals surface area contributed by atoms with Gasteiger partial charge in [0.05, 0.1) is 6.54 Å². The van der Waals surface area contributed by atoms with Crippen LogP contribution in [0.25, 0.3) is 0 Å². The number of hydrogen-bond donors (Lipinski definition) is 1. The van der Waals surface area contributed by atoms with E-state index in [2.05, 4.69) is 4.72 Å². The Morgan fingerprint density at radius 3 is 3.22 bits per heavy atom. The highest BCUT2D eigenvalue weighted by Gasteiger charge is 2.14. The minimum absolute atomic E-state index is 0.167. The highest BCUT2D eigenvalue weighted by Crippen LogP contribution is 1.99. The van der Waals surface area contributed by atoms with E-state index < -0.39 is 11.4 Å². The number of nitrogens with one attached hydrogen (secondary N) is 1. The number of Topliss-reactive ketones (excluding diaryl/α,β-unsaturated/α-hetero) is 1. The van der Waals surface area contributed by atoms with Crippen LogP contribution in [0.4, 0.5) is 0 Å². The molecule has 1 rings (SSSR count). The van der Waals surface area contributed by atoms with E-state index in [9.17, 15) is 9.35 Å². The molecule has 52 valence electrons. The molecule has 1 fully saturated rings. The quantitative estimate of drug-likeness (QED) is 0.474. The van der Waals surface area contributed by atoms with Crippen LogP contribution >= 0.6 is 0 Å². The van der Waals surface area contributed by atoms with Gasteiger partial charge < -0.3 is 4.55 Å². The second kappa shape index (κ2) is 3.20. The summed E-state index contributed by atoms with van der Waals surface area (Å²) in [6.07, 6.45) is 1.34. The smallest absolute Gasteiger partial charge is 0.151 e. The molecular weight excluding hydrogens is 138 g/mol. The Morgan fingerprint density at radius 1 is 1.67 bits per heavy atom. The third-order valence-electron chi connectivity index (χ3n) is 1.22. The van der Waals surface area contributed by atoms with Gasteiger partial charge in [0, 0.05) is 24.2 Å². The van der Waals surface area contributed by atoms with Crippen molar-refractivity contribution in [2.24, 2.45) is 0 Å². The molecule has 3 nitrogen and oxygen atoms in total. The zero-order valence-corrected chi connectivity index (χ0v) is 5.87. The lowest BCUT2D eigenvalue weighted by molar-refractivity contribution is -0.117. The Morgan fingerprint density at radius 2 is 2.44 bits per heavy atom. The Kier molecular flexibility index (Phi) is 2.50. The molecule has 0 aliphatic carbocycles. The fourth-order valence-corrected chi connectivity index (χ4v) is 1.59. The summed E-state index contributed by atoms with van der Waals surface area (Å²) in [6.45, 7) is 0.284. The average molecular weight is 147 g/mol. The Labute approximate surface area is 57.1 Å². The van der Waals surface area contributed by atoms with Crippen molar-refractivity contribution in [3.8, 4) is 0 Å². The van der Waals surface area contributed by atoms with E-state index in [4.69, 9.17) is 0 Å². The van der Waals surface area contributed by atoms with Crippen LogP contribution in [0.1, 0.15) is 12.8 Å². The van der Waals surface area contributed by atoms with E-state index in [1.807, 2.05) is 0 Å². The van der Waals surface area contributed by atoms with Crippen molar-refractivity contribution in [1.29, 1.82) is 0 Å². The van der Waals surface area contributed by atoms with E-state index in [0.717, 1.165) is 6.42 Å². The van der Waals surface area contributed by atoms with Gasteiger partial charge in [-0.05, 0) is 0 Å². The van der Waals surface area contributed by atoms with Crippen LogP contribution in [-0.2, 0) is 16.2 Å². The molecule has 1 unspecified atom stereocenters. The van der Waals surface area contributed by atoms with Gasteiger partial charge in [0.25, 0.3) is 0 Å². The number of ketones is 1. The first-order valence-corrected chi connectivity index (χ1v) is 4.24. The highest BCUT2D eigenvalue weighted by atomic mass is 32.2. The monoisotopic (exact) mass is 147 g/mol. The van der Waals surface area contributed by atoms with E-state index >= 15 is 0 Å². The van der Waals surface area contributed by atoms with Crippen LogP contribution < -0.4 is 4.72 Å². The van der Waals surface area contributed by atoms with Crippen molar-refractivity contribution in [2.45, 2.75) is 12.8 Å². The average Bonchev–Trinajstić information content (AvgIpc) is 1.97. The SMILES string of the molecule is O=C1CCC[S+]([O-])NC1. The summed E-state index contributed by atoms with van der Waals surface area (Å²) in [4.78, 5) is 10.6. The molecule has 0 aromatic heterocycles. The van der Waals surface area contributed by atoms with E-state index in [1.165, 1.54) is 0 Å². The molecule has 0 saturated carbocycles. The lowest BCUT2D eigenvalue weighted by atomic mass is 10.2. The van der Waals surface area contributed by atoms with E-state index in [-0.39, 0.29) is 12.3 Å². The van der Waals surface area contributed by atoms with Crippen molar-refractivity contribution in [1.82, 2.24) is 4.72 Å². The Bertz CT molecular complexity index is 118. The summed E-state index contributed by atoms with van der Waals surface area (Å²) in [6, 6.07) is 0. The molecule has 1 aliphatic heterocycles. The standard InChI is InChI=1S/C5H9NO2S/c7-5-2-1-3-9(8)6-4-5/h6H,1-4H2. The fourth-order valence-electron chi connectivity index (χ4n) is 0.722. The molecule has 9 heavy (non-hydrogen) atoms. The van der Waals surface area contributed by atoms with Gasteiger partial charge in [0.1, 0.15) is 5.75 Å². The van der Waals surface area contributed by atoms with E-state index in [0.29, 0.717) is 12.2 Å². The van der Waals surface area contributed by atoms with Crippen LogP contribution in [0, 0.1) is 0 Å². The maximum Gasteiger partial charge on any atom is 0.151 e. The highest BCUT2D eigenvalue weighted by molar-refractivity contribution is 7.89. The van der Waals surface area contributed by atoms with Gasteiger partial charge in [-0.1, -0.05) is 0 Å². The Balaban J connectivity index is 2.34. The number of carbonyl (C=O) groups excluding carboxylic acids is 1. The molecule has 1 heterocycles. The van der Waals surface area contributed by atoms with Crippen LogP contribution in [0.15, 0.2) is 0 Å². The third kappa shape index (κ3) is 2.34. The maximum absolute atomic E-state index is 10.7. The summed E-state index contributed by atoms with van der Waals surface area (Å²) < 4.78 is 13.3. The van der Waals surface area contributed by atoms with Gasteiger partial charge in [-0.3, -0.25) is 4.79 Å². The lowest BCUT2D eigenvalue weighted by Gasteiger charge is -2.04. The van der Waals surface area contributed by atoms with Crippen molar-refractivity contribution >= 4 is 17.1 Å². The lowest BCUT2D eigenvalue weighted by Crippen LogP contribution is -2.27. The maximum atomic E-state index is 10.7. The zero-order valence-electron chi connectivity index (χ0n) is 5.05. The minimum atomic E-state index is -0.949. The molecule has 1 atom stereocenters. The van der Waals surface area contributed by atoms with E-state index in [1.54, 1.807) is 0 Å². The largest absolute Gasteiger partial charge is 0.598 e. The summed E-state index contributed by atoms with van der Waals surface area (Å²) in [7, 11) is 0. The molecule has 0 radical (unpaired) electrons. The van der Waals surface area contributed by atoms with Gasteiger partial charge in [0.15, 0.2) is 5.78 Å². The van der Waals surface area contributed by atoms with Crippen molar-refractivity contribution in [3.05, 3.63) is 0 Å². The molecule has 1 saturated heterocycles. The molecule has 0 aromatic rings. The summed E-state index contributed by atoms with van der Waals surface area (Å²) in [5, 5.41) is 0. The van der Waals surface area contributed by atoms with Crippen molar-refractivity contribution in [2.75, 3.05) is 12.3 Å². The third-order valence-corrected chi connectivity index (χ3v) is 2.34. The minimum Gasteiger partial charge on any atom is -0.598 e. The normalized spacial score (nSPS) is 29.9. The van der Waals surface area contributed by atoms with Crippen LogP contribution in [0.5, 0.6) is 0 Å². The molecule has 0 spiro atoms. The van der Waals surface area contributed by atoms with Gasteiger partial charge in [-0.2, -0.15) is 0 Å². The fraction of sp³-hybridized carbons (Fsp3) is 0.800. The second-order valence-electron chi connectivity index (χ2n) is 2.01. The van der Waals surface area contributed by atoms with Gasteiger partial charge in [-0.25, -0.2) is 0 Å². The molecule has 0 aromatic carbocycles. The first kappa shape index (κ1) is 7.05. The van der Waals surface area contributed by atoms with Crippen molar-refractivity contribution < 1.29 is 9.35 Å². The van der Waals surface area contributed by atoms with Crippen LogP contribution in [-0.4, -0.2) is 22.6 Å². The molecule has 0 bridgehead atoms. The number of hydrogen-bond acceptors (Lipinski definition) is 3. The van der Waals surface area contributed by atoms with Gasteiger partial charge in [-0.15, -0.1) is 4.72 Å². The summed E-state index contributed by atoms with van der Waals surface area (Å²) >= 11 is -0.949.